The van der Waals surface area contributed by atoms with E-state index in [9.17, 15) is 9.59 Å². The van der Waals surface area contributed by atoms with E-state index in [0.717, 1.165) is 16.3 Å². The first-order chi connectivity index (χ1) is 7.99. The van der Waals surface area contributed by atoms with E-state index in [0.29, 0.717) is 15.7 Å². The molecule has 0 aliphatic heterocycles. The lowest BCUT2D eigenvalue weighted by molar-refractivity contribution is 0.102. The summed E-state index contributed by atoms with van der Waals surface area (Å²) < 4.78 is 1.45. The molecular weight excluding hydrogens is 260 g/mol. The minimum atomic E-state index is -0.318. The second-order valence-corrected chi connectivity index (χ2v) is 5.57. The molecule has 2 aromatic rings. The average Bonchev–Trinajstić information content (AvgIpc) is 2.78. The van der Waals surface area contributed by atoms with E-state index in [4.69, 9.17) is 0 Å². The summed E-state index contributed by atoms with van der Waals surface area (Å²) in [4.78, 5) is 23.5. The third kappa shape index (κ3) is 2.27. The molecule has 0 aliphatic rings. The van der Waals surface area contributed by atoms with Gasteiger partial charge in [-0.3, -0.25) is 14.9 Å². The number of nitrogens with zero attached hydrogens (tertiary/aromatic N) is 3. The maximum absolute atomic E-state index is 11.9. The van der Waals surface area contributed by atoms with Crippen molar-refractivity contribution < 1.29 is 4.79 Å². The van der Waals surface area contributed by atoms with Crippen molar-refractivity contribution in [3.8, 4) is 0 Å². The fraction of sp³-hybridized carbons (Fsp3) is 0.333. The molecule has 6 nitrogen and oxygen atoms in total. The van der Waals surface area contributed by atoms with Crippen LogP contribution in [0.5, 0.6) is 0 Å². The van der Waals surface area contributed by atoms with Gasteiger partial charge < -0.3 is 4.57 Å². The number of hydrogen-bond donors (Lipinski definition) is 1. The first kappa shape index (κ1) is 11.9. The van der Waals surface area contributed by atoms with Crippen molar-refractivity contribution in [2.45, 2.75) is 13.8 Å². The molecule has 90 valence electrons. The van der Waals surface area contributed by atoms with Crippen molar-refractivity contribution in [1.29, 1.82) is 0 Å². The molecule has 0 unspecified atom stereocenters. The number of aromatic nitrogens is 3. The zero-order valence-electron chi connectivity index (χ0n) is 9.47. The van der Waals surface area contributed by atoms with Gasteiger partial charge in [0.05, 0.1) is 0 Å². The Balaban J connectivity index is 2.26. The molecule has 8 heteroatoms. The van der Waals surface area contributed by atoms with Crippen LogP contribution in [0.2, 0.25) is 0 Å². The highest BCUT2D eigenvalue weighted by Gasteiger charge is 2.17. The second-order valence-electron chi connectivity index (χ2n) is 3.42. The van der Waals surface area contributed by atoms with Crippen LogP contribution in [0, 0.1) is 13.8 Å². The zero-order chi connectivity index (χ0) is 12.6. The number of anilines is 1. The lowest BCUT2D eigenvalue weighted by Gasteiger charge is -1.99. The number of nitrogens with one attached hydrogen (secondary N) is 1. The zero-order valence-corrected chi connectivity index (χ0v) is 11.1. The summed E-state index contributed by atoms with van der Waals surface area (Å²) in [6.07, 6.45) is 0. The number of carbonyl (C=O) groups excluding carboxylic acids is 1. The molecule has 0 aliphatic carbocycles. The summed E-state index contributed by atoms with van der Waals surface area (Å²) in [6.45, 7) is 3.54. The Hall–Kier alpha value is -1.54. The summed E-state index contributed by atoms with van der Waals surface area (Å²) in [5, 5.41) is 11.4. The van der Waals surface area contributed by atoms with E-state index >= 15 is 0 Å². The van der Waals surface area contributed by atoms with Crippen LogP contribution in [-0.2, 0) is 7.05 Å². The van der Waals surface area contributed by atoms with Gasteiger partial charge in [0.1, 0.15) is 9.88 Å². The van der Waals surface area contributed by atoms with Gasteiger partial charge >= 0.3 is 4.87 Å². The third-order valence-corrected chi connectivity index (χ3v) is 4.14. The normalized spacial score (nSPS) is 10.5. The van der Waals surface area contributed by atoms with Gasteiger partial charge in [-0.1, -0.05) is 22.7 Å². The third-order valence-electron chi connectivity index (χ3n) is 2.25. The molecule has 0 saturated carbocycles. The quantitative estimate of drug-likeness (QED) is 0.888. The van der Waals surface area contributed by atoms with Gasteiger partial charge in [0.15, 0.2) is 0 Å². The Kier molecular flexibility index (Phi) is 3.07. The molecule has 1 amide bonds. The first-order valence-corrected chi connectivity index (χ1v) is 6.40. The Morgan fingerprint density at radius 1 is 1.29 bits per heavy atom. The molecule has 2 heterocycles. The Bertz CT molecular complexity index is 625. The van der Waals surface area contributed by atoms with Gasteiger partial charge in [0.2, 0.25) is 5.13 Å². The number of hydrogen-bond acceptors (Lipinski definition) is 6. The number of amides is 1. The van der Waals surface area contributed by atoms with Crippen molar-refractivity contribution in [1.82, 2.24) is 14.8 Å². The lowest BCUT2D eigenvalue weighted by Crippen LogP contribution is -2.12. The van der Waals surface area contributed by atoms with Crippen LogP contribution in [-0.4, -0.2) is 20.7 Å². The molecule has 0 bridgehead atoms. The number of carbonyl (C=O) groups is 1. The molecule has 0 atom stereocenters. The van der Waals surface area contributed by atoms with E-state index in [2.05, 4.69) is 15.5 Å². The highest BCUT2D eigenvalue weighted by Crippen LogP contribution is 2.17. The molecule has 0 spiro atoms. The summed E-state index contributed by atoms with van der Waals surface area (Å²) in [6, 6.07) is 0. The van der Waals surface area contributed by atoms with E-state index in [1.54, 1.807) is 20.9 Å². The van der Waals surface area contributed by atoms with Gasteiger partial charge in [-0.25, -0.2) is 0 Å². The Morgan fingerprint density at radius 3 is 2.47 bits per heavy atom. The van der Waals surface area contributed by atoms with Crippen LogP contribution in [0.3, 0.4) is 0 Å². The smallest absolute Gasteiger partial charge is 0.306 e. The van der Waals surface area contributed by atoms with Crippen LogP contribution >= 0.6 is 22.7 Å². The minimum Gasteiger partial charge on any atom is -0.306 e. The molecule has 2 aromatic heterocycles. The molecule has 0 radical (unpaired) electrons. The molecule has 17 heavy (non-hydrogen) atoms. The standard InChI is InChI=1S/C9H10N4O2S2/c1-4-6(17-9(15)13(4)3)7(14)10-8-12-11-5(2)16-8/h1-3H3,(H,10,12,14). The van der Waals surface area contributed by atoms with Crippen LogP contribution in [0.4, 0.5) is 5.13 Å². The van der Waals surface area contributed by atoms with Crippen molar-refractivity contribution in [2.75, 3.05) is 5.32 Å². The maximum atomic E-state index is 11.9. The molecule has 2 rings (SSSR count). The highest BCUT2D eigenvalue weighted by atomic mass is 32.1. The number of thiazole rings is 1. The largest absolute Gasteiger partial charge is 0.307 e. The maximum Gasteiger partial charge on any atom is 0.307 e. The topological polar surface area (TPSA) is 76.9 Å². The van der Waals surface area contributed by atoms with Crippen molar-refractivity contribution in [3.05, 3.63) is 25.2 Å². The van der Waals surface area contributed by atoms with Crippen LogP contribution < -0.4 is 10.2 Å². The van der Waals surface area contributed by atoms with Crippen LogP contribution in [0.25, 0.3) is 0 Å². The lowest BCUT2D eigenvalue weighted by atomic mass is 10.4. The van der Waals surface area contributed by atoms with Crippen molar-refractivity contribution >= 4 is 33.7 Å². The van der Waals surface area contributed by atoms with E-state index in [1.807, 2.05) is 0 Å². The Labute approximate surface area is 105 Å². The van der Waals surface area contributed by atoms with Crippen molar-refractivity contribution in [3.63, 3.8) is 0 Å². The molecule has 0 aromatic carbocycles. The van der Waals surface area contributed by atoms with Gasteiger partial charge in [-0.2, -0.15) is 0 Å². The van der Waals surface area contributed by atoms with E-state index < -0.39 is 0 Å². The first-order valence-electron chi connectivity index (χ1n) is 4.77. The van der Waals surface area contributed by atoms with E-state index in [1.165, 1.54) is 15.9 Å². The fourth-order valence-corrected chi connectivity index (χ4v) is 2.69. The fourth-order valence-electron chi connectivity index (χ4n) is 1.23. The minimum absolute atomic E-state index is 0.152. The molecule has 1 N–H and O–H groups in total. The molecule has 0 saturated heterocycles. The monoisotopic (exact) mass is 270 g/mol. The van der Waals surface area contributed by atoms with Crippen molar-refractivity contribution in [2.24, 2.45) is 7.05 Å². The molecular formula is C9H10N4O2S2. The van der Waals surface area contributed by atoms with Crippen LogP contribution in [0.15, 0.2) is 4.79 Å². The van der Waals surface area contributed by atoms with Gasteiger partial charge in [0.25, 0.3) is 5.91 Å². The highest BCUT2D eigenvalue weighted by molar-refractivity contribution is 7.15. The number of aryl methyl sites for hydroxylation is 1. The number of rotatable bonds is 2. The summed E-state index contributed by atoms with van der Waals surface area (Å²) in [5.74, 6) is -0.318. The molecule has 0 fully saturated rings. The van der Waals surface area contributed by atoms with Gasteiger partial charge in [0, 0.05) is 12.7 Å². The predicted octanol–water partition coefficient (Wildman–Crippen LogP) is 1.17. The summed E-state index contributed by atoms with van der Waals surface area (Å²) in [5.41, 5.74) is 0.652. The van der Waals surface area contributed by atoms with Gasteiger partial charge in [-0.15, -0.1) is 10.2 Å². The second kappa shape index (κ2) is 4.38. The summed E-state index contributed by atoms with van der Waals surface area (Å²) in [7, 11) is 1.64. The SMILES string of the molecule is Cc1nnc(NC(=O)c2sc(=O)n(C)c2C)s1. The van der Waals surface area contributed by atoms with E-state index in [-0.39, 0.29) is 10.8 Å². The van der Waals surface area contributed by atoms with Gasteiger partial charge in [-0.05, 0) is 13.8 Å². The predicted molar refractivity (Wildman–Crippen MR) is 66.9 cm³/mol. The van der Waals surface area contributed by atoms with Crippen LogP contribution in [0.1, 0.15) is 20.4 Å². The average molecular weight is 270 g/mol. The Morgan fingerprint density at radius 2 is 2.00 bits per heavy atom. The summed E-state index contributed by atoms with van der Waals surface area (Å²) >= 11 is 2.22.